The van der Waals surface area contributed by atoms with Gasteiger partial charge < -0.3 is 4.74 Å². The molecule has 20 heavy (non-hydrogen) atoms. The Morgan fingerprint density at radius 2 is 1.90 bits per heavy atom. The van der Waals surface area contributed by atoms with Crippen molar-refractivity contribution < 1.29 is 4.74 Å². The first-order valence-electron chi connectivity index (χ1n) is 6.85. The average molecular weight is 396 g/mol. The summed E-state index contributed by atoms with van der Waals surface area (Å²) in [7, 11) is 0. The highest BCUT2D eigenvalue weighted by Crippen LogP contribution is 2.31. The van der Waals surface area contributed by atoms with Gasteiger partial charge in [-0.05, 0) is 57.9 Å². The third kappa shape index (κ3) is 2.94. The zero-order valence-electron chi connectivity index (χ0n) is 11.2. The van der Waals surface area contributed by atoms with Crippen LogP contribution in [0.2, 0.25) is 0 Å². The topological polar surface area (TPSA) is 9.23 Å². The van der Waals surface area contributed by atoms with Crippen LogP contribution >= 0.6 is 31.9 Å². The van der Waals surface area contributed by atoms with Crippen LogP contribution in [-0.4, -0.2) is 0 Å². The van der Waals surface area contributed by atoms with Crippen LogP contribution in [0.25, 0.3) is 0 Å². The summed E-state index contributed by atoms with van der Waals surface area (Å²) in [6.45, 7) is 0.621. The van der Waals surface area contributed by atoms with Crippen molar-refractivity contribution in [3.63, 3.8) is 0 Å². The molecule has 3 rings (SSSR count). The SMILES string of the molecule is BrCc1cccc(Br)c1OCc1ccc2c(c1)CCC2. The molecule has 0 atom stereocenters. The summed E-state index contributed by atoms with van der Waals surface area (Å²) in [5.41, 5.74) is 5.43. The van der Waals surface area contributed by atoms with Gasteiger partial charge in [-0.3, -0.25) is 0 Å². The first-order valence-corrected chi connectivity index (χ1v) is 8.76. The van der Waals surface area contributed by atoms with Crippen molar-refractivity contribution in [2.24, 2.45) is 0 Å². The molecule has 0 bridgehead atoms. The van der Waals surface area contributed by atoms with Gasteiger partial charge in [-0.25, -0.2) is 0 Å². The number of ether oxygens (including phenoxy) is 1. The average Bonchev–Trinajstić information content (AvgIpc) is 2.93. The lowest BCUT2D eigenvalue weighted by molar-refractivity contribution is 0.302. The number of hydrogen-bond acceptors (Lipinski definition) is 1. The Kier molecular flexibility index (Phi) is 4.47. The fourth-order valence-corrected chi connectivity index (χ4v) is 3.65. The van der Waals surface area contributed by atoms with Crippen LogP contribution in [0.1, 0.15) is 28.7 Å². The van der Waals surface area contributed by atoms with Crippen molar-refractivity contribution in [1.29, 1.82) is 0 Å². The molecule has 0 unspecified atom stereocenters. The minimum absolute atomic E-state index is 0.621. The normalized spacial score (nSPS) is 13.3. The maximum absolute atomic E-state index is 6.03. The van der Waals surface area contributed by atoms with Crippen molar-refractivity contribution >= 4 is 31.9 Å². The van der Waals surface area contributed by atoms with E-state index in [-0.39, 0.29) is 0 Å². The monoisotopic (exact) mass is 394 g/mol. The molecule has 2 aromatic carbocycles. The van der Waals surface area contributed by atoms with E-state index < -0.39 is 0 Å². The van der Waals surface area contributed by atoms with Gasteiger partial charge in [0.25, 0.3) is 0 Å². The summed E-state index contributed by atoms with van der Waals surface area (Å²) in [5.74, 6) is 0.935. The van der Waals surface area contributed by atoms with Gasteiger partial charge in [0, 0.05) is 10.9 Å². The third-order valence-corrected chi connectivity index (χ3v) is 4.97. The number of benzene rings is 2. The zero-order valence-corrected chi connectivity index (χ0v) is 14.3. The maximum Gasteiger partial charge on any atom is 0.138 e. The first kappa shape index (κ1) is 14.2. The first-order chi connectivity index (χ1) is 9.78. The largest absolute Gasteiger partial charge is 0.487 e. The molecule has 0 amide bonds. The Hall–Kier alpha value is -0.800. The summed E-state index contributed by atoms with van der Waals surface area (Å²) >= 11 is 7.07. The van der Waals surface area contributed by atoms with Crippen molar-refractivity contribution in [2.75, 3.05) is 0 Å². The summed E-state index contributed by atoms with van der Waals surface area (Å²) in [6, 6.07) is 12.9. The van der Waals surface area contributed by atoms with Gasteiger partial charge in [-0.1, -0.05) is 46.3 Å². The molecule has 0 saturated heterocycles. The Balaban J connectivity index is 1.77. The van der Waals surface area contributed by atoms with Gasteiger partial charge in [0.05, 0.1) is 4.47 Å². The molecular weight excluding hydrogens is 380 g/mol. The van der Waals surface area contributed by atoms with Crippen LogP contribution in [0.3, 0.4) is 0 Å². The second-order valence-corrected chi connectivity index (χ2v) is 6.52. The third-order valence-electron chi connectivity index (χ3n) is 3.74. The number of hydrogen-bond donors (Lipinski definition) is 0. The Morgan fingerprint density at radius 1 is 1.05 bits per heavy atom. The highest BCUT2D eigenvalue weighted by Gasteiger charge is 2.12. The van der Waals surface area contributed by atoms with Crippen LogP contribution in [0.5, 0.6) is 5.75 Å². The highest BCUT2D eigenvalue weighted by atomic mass is 79.9. The number of fused-ring (bicyclic) bond motifs is 1. The molecule has 0 aromatic heterocycles. The number of para-hydroxylation sites is 1. The second-order valence-electron chi connectivity index (χ2n) is 5.11. The smallest absolute Gasteiger partial charge is 0.138 e. The summed E-state index contributed by atoms with van der Waals surface area (Å²) in [5, 5.41) is 0.798. The lowest BCUT2D eigenvalue weighted by Crippen LogP contribution is -1.99. The molecule has 0 N–H and O–H groups in total. The molecular formula is C17H16Br2O. The second kappa shape index (κ2) is 6.31. The molecule has 0 fully saturated rings. The molecule has 1 nitrogen and oxygen atoms in total. The van der Waals surface area contributed by atoms with Crippen LogP contribution in [0, 0.1) is 0 Å². The van der Waals surface area contributed by atoms with E-state index in [2.05, 4.69) is 56.1 Å². The summed E-state index contributed by atoms with van der Waals surface area (Å²) < 4.78 is 7.04. The summed E-state index contributed by atoms with van der Waals surface area (Å²) in [6.07, 6.45) is 3.73. The number of alkyl halides is 1. The molecule has 104 valence electrons. The van der Waals surface area contributed by atoms with Crippen LogP contribution in [0.4, 0.5) is 0 Å². The van der Waals surface area contributed by atoms with Crippen molar-refractivity contribution in [3.05, 3.63) is 63.1 Å². The van der Waals surface area contributed by atoms with Gasteiger partial charge in [0.2, 0.25) is 0 Å². The van der Waals surface area contributed by atoms with E-state index in [0.29, 0.717) is 6.61 Å². The molecule has 0 spiro atoms. The van der Waals surface area contributed by atoms with E-state index >= 15 is 0 Å². The number of halogens is 2. The van der Waals surface area contributed by atoms with E-state index in [0.717, 1.165) is 15.6 Å². The Morgan fingerprint density at radius 3 is 2.75 bits per heavy atom. The minimum Gasteiger partial charge on any atom is -0.487 e. The summed E-state index contributed by atoms with van der Waals surface area (Å²) in [4.78, 5) is 0. The van der Waals surface area contributed by atoms with E-state index in [1.165, 1.54) is 41.5 Å². The Labute approximate surface area is 136 Å². The highest BCUT2D eigenvalue weighted by molar-refractivity contribution is 9.10. The van der Waals surface area contributed by atoms with Gasteiger partial charge in [-0.15, -0.1) is 0 Å². The number of aryl methyl sites for hydroxylation is 2. The molecule has 0 radical (unpaired) electrons. The van der Waals surface area contributed by atoms with Crippen molar-refractivity contribution in [3.8, 4) is 5.75 Å². The van der Waals surface area contributed by atoms with Gasteiger partial charge in [0.15, 0.2) is 0 Å². The molecule has 0 saturated carbocycles. The molecule has 1 aliphatic carbocycles. The molecule has 1 aliphatic rings. The van der Waals surface area contributed by atoms with E-state index in [4.69, 9.17) is 4.74 Å². The molecule has 2 aromatic rings. The van der Waals surface area contributed by atoms with Gasteiger partial charge in [0.1, 0.15) is 12.4 Å². The molecule has 0 aliphatic heterocycles. The molecule has 0 heterocycles. The fourth-order valence-electron chi connectivity index (χ4n) is 2.69. The van der Waals surface area contributed by atoms with E-state index in [9.17, 15) is 0 Å². The fraction of sp³-hybridized carbons (Fsp3) is 0.294. The Bertz CT molecular complexity index is 622. The zero-order chi connectivity index (χ0) is 13.9. The number of rotatable bonds is 4. The van der Waals surface area contributed by atoms with Crippen LogP contribution in [-0.2, 0) is 24.8 Å². The predicted octanol–water partition coefficient (Wildman–Crippen LogP) is 5.41. The predicted molar refractivity (Wildman–Crippen MR) is 89.6 cm³/mol. The van der Waals surface area contributed by atoms with E-state index in [1.54, 1.807) is 0 Å². The van der Waals surface area contributed by atoms with Gasteiger partial charge >= 0.3 is 0 Å². The van der Waals surface area contributed by atoms with Crippen LogP contribution < -0.4 is 4.74 Å². The van der Waals surface area contributed by atoms with Crippen molar-refractivity contribution in [2.45, 2.75) is 31.2 Å². The molecule has 3 heteroatoms. The maximum atomic E-state index is 6.03. The lowest BCUT2D eigenvalue weighted by atomic mass is 10.1. The minimum atomic E-state index is 0.621. The van der Waals surface area contributed by atoms with Crippen molar-refractivity contribution in [1.82, 2.24) is 0 Å². The van der Waals surface area contributed by atoms with Crippen LogP contribution in [0.15, 0.2) is 40.9 Å². The lowest BCUT2D eigenvalue weighted by Gasteiger charge is -2.12. The standard InChI is InChI=1S/C17H16Br2O/c18-10-15-5-2-6-16(19)17(15)20-11-12-7-8-13-3-1-4-14(13)9-12/h2,5-9H,1,3-4,10-11H2. The van der Waals surface area contributed by atoms with Gasteiger partial charge in [-0.2, -0.15) is 0 Å². The van der Waals surface area contributed by atoms with E-state index in [1.807, 2.05) is 12.1 Å². The quantitative estimate of drug-likeness (QED) is 0.628.